The van der Waals surface area contributed by atoms with E-state index in [1.54, 1.807) is 37.5 Å². The highest BCUT2D eigenvalue weighted by Crippen LogP contribution is 2.37. The van der Waals surface area contributed by atoms with Gasteiger partial charge in [0.25, 0.3) is 5.91 Å². The molecule has 0 spiro atoms. The van der Waals surface area contributed by atoms with Crippen molar-refractivity contribution in [3.8, 4) is 11.5 Å². The van der Waals surface area contributed by atoms with Gasteiger partial charge in [-0.3, -0.25) is 14.5 Å². The number of ether oxygens (including phenoxy) is 2. The van der Waals surface area contributed by atoms with Gasteiger partial charge < -0.3 is 9.47 Å². The maximum atomic E-state index is 12.9. The van der Waals surface area contributed by atoms with Crippen molar-refractivity contribution < 1.29 is 19.1 Å². The molecule has 3 rings (SSSR count). The van der Waals surface area contributed by atoms with Gasteiger partial charge in [0.2, 0.25) is 0 Å². The summed E-state index contributed by atoms with van der Waals surface area (Å²) in [5.41, 5.74) is 2.04. The second-order valence-electron chi connectivity index (χ2n) is 5.96. The zero-order chi connectivity index (χ0) is 20.3. The summed E-state index contributed by atoms with van der Waals surface area (Å²) in [6, 6.07) is 12.3. The minimum atomic E-state index is -0.196. The monoisotopic (exact) mass is 413 g/mol. The largest absolute Gasteiger partial charge is 0.493 e. The Morgan fingerprint density at radius 3 is 2.50 bits per heavy atom. The van der Waals surface area contributed by atoms with Gasteiger partial charge in [0.05, 0.1) is 24.3 Å². The number of ketones is 1. The standard InChI is InChI=1S/C21H19NO4S2/c1-4-26-17-10-5-14(11-18(17)25-3)12-19-20(24)22(21(27)28-19)16-8-6-15(7-9-16)13(2)23/h5-12H,4H2,1-3H3. The number of benzene rings is 2. The molecule has 28 heavy (non-hydrogen) atoms. The number of hydrogen-bond acceptors (Lipinski definition) is 6. The molecule has 1 aliphatic rings. The molecule has 2 aromatic carbocycles. The van der Waals surface area contributed by atoms with Gasteiger partial charge in [-0.15, -0.1) is 0 Å². The van der Waals surface area contributed by atoms with Gasteiger partial charge in [0, 0.05) is 5.56 Å². The first-order valence-electron chi connectivity index (χ1n) is 8.64. The fourth-order valence-corrected chi connectivity index (χ4v) is 4.03. The Kier molecular flexibility index (Phi) is 6.16. The molecule has 2 aromatic rings. The van der Waals surface area contributed by atoms with E-state index in [0.29, 0.717) is 38.6 Å². The molecule has 0 unspecified atom stereocenters. The van der Waals surface area contributed by atoms with Crippen LogP contribution in [0, 0.1) is 0 Å². The lowest BCUT2D eigenvalue weighted by molar-refractivity contribution is -0.113. The smallest absolute Gasteiger partial charge is 0.270 e. The SMILES string of the molecule is CCOc1ccc(C=C2SC(=S)N(c3ccc(C(C)=O)cc3)C2=O)cc1OC. The van der Waals surface area contributed by atoms with Crippen LogP contribution in [0.3, 0.4) is 0 Å². The highest BCUT2D eigenvalue weighted by molar-refractivity contribution is 8.27. The van der Waals surface area contributed by atoms with Crippen LogP contribution in [0.15, 0.2) is 47.4 Å². The summed E-state index contributed by atoms with van der Waals surface area (Å²) >= 11 is 6.64. The number of hydrogen-bond donors (Lipinski definition) is 0. The van der Waals surface area contributed by atoms with Crippen molar-refractivity contribution in [2.75, 3.05) is 18.6 Å². The molecular weight excluding hydrogens is 394 g/mol. The lowest BCUT2D eigenvalue weighted by Crippen LogP contribution is -2.27. The van der Waals surface area contributed by atoms with Crippen molar-refractivity contribution in [2.45, 2.75) is 13.8 Å². The molecule has 1 aliphatic heterocycles. The molecule has 0 radical (unpaired) electrons. The number of nitrogens with zero attached hydrogens (tertiary/aromatic N) is 1. The minimum absolute atomic E-state index is 0.0266. The molecule has 5 nitrogen and oxygen atoms in total. The fourth-order valence-electron chi connectivity index (χ4n) is 2.74. The summed E-state index contributed by atoms with van der Waals surface area (Å²) < 4.78 is 11.3. The van der Waals surface area contributed by atoms with E-state index in [1.807, 2.05) is 25.1 Å². The van der Waals surface area contributed by atoms with Crippen LogP contribution in [0.2, 0.25) is 0 Å². The molecule has 1 heterocycles. The van der Waals surface area contributed by atoms with Crippen molar-refractivity contribution in [3.05, 3.63) is 58.5 Å². The Labute approximate surface area is 173 Å². The Morgan fingerprint density at radius 1 is 1.18 bits per heavy atom. The quantitative estimate of drug-likeness (QED) is 0.389. The van der Waals surface area contributed by atoms with Crippen LogP contribution < -0.4 is 14.4 Å². The Bertz CT molecular complexity index is 967. The molecule has 144 valence electrons. The van der Waals surface area contributed by atoms with Gasteiger partial charge in [0.15, 0.2) is 21.6 Å². The van der Waals surface area contributed by atoms with Crippen molar-refractivity contribution in [1.29, 1.82) is 0 Å². The number of anilines is 1. The summed E-state index contributed by atoms with van der Waals surface area (Å²) in [5.74, 6) is 1.03. The van der Waals surface area contributed by atoms with Crippen LogP contribution >= 0.6 is 24.0 Å². The average molecular weight is 414 g/mol. The van der Waals surface area contributed by atoms with Crippen molar-refractivity contribution in [1.82, 2.24) is 0 Å². The van der Waals surface area contributed by atoms with E-state index in [2.05, 4.69) is 0 Å². The topological polar surface area (TPSA) is 55.8 Å². The predicted molar refractivity (Wildman–Crippen MR) is 116 cm³/mol. The van der Waals surface area contributed by atoms with Gasteiger partial charge in [-0.1, -0.05) is 30.0 Å². The number of Topliss-reactive ketones (excluding diaryl/α,β-unsaturated/α-hetero) is 1. The molecule has 0 saturated carbocycles. The summed E-state index contributed by atoms with van der Waals surface area (Å²) in [5, 5.41) is 0. The number of methoxy groups -OCH3 is 1. The van der Waals surface area contributed by atoms with Gasteiger partial charge in [0.1, 0.15) is 0 Å². The number of amides is 1. The van der Waals surface area contributed by atoms with Gasteiger partial charge in [-0.05, 0) is 61.9 Å². The molecular formula is C21H19NO4S2. The maximum Gasteiger partial charge on any atom is 0.270 e. The fraction of sp³-hybridized carbons (Fsp3) is 0.190. The van der Waals surface area contributed by atoms with Crippen LogP contribution in [0.5, 0.6) is 11.5 Å². The second kappa shape index (κ2) is 8.58. The first-order valence-corrected chi connectivity index (χ1v) is 9.87. The predicted octanol–water partition coefficient (Wildman–Crippen LogP) is 4.70. The van der Waals surface area contributed by atoms with Crippen molar-refractivity contribution >= 4 is 51.8 Å². The second-order valence-corrected chi connectivity index (χ2v) is 7.64. The normalized spacial score (nSPS) is 15.2. The third-order valence-corrected chi connectivity index (χ3v) is 5.41. The van der Waals surface area contributed by atoms with E-state index in [4.69, 9.17) is 21.7 Å². The lowest BCUT2D eigenvalue weighted by Gasteiger charge is -2.14. The molecule has 0 aliphatic carbocycles. The minimum Gasteiger partial charge on any atom is -0.493 e. The summed E-state index contributed by atoms with van der Waals surface area (Å²) in [6.07, 6.45) is 1.78. The third kappa shape index (κ3) is 4.10. The van der Waals surface area contributed by atoms with Crippen molar-refractivity contribution in [2.24, 2.45) is 0 Å². The van der Waals surface area contributed by atoms with E-state index in [0.717, 1.165) is 5.56 Å². The van der Waals surface area contributed by atoms with Crippen LogP contribution in [0.1, 0.15) is 29.8 Å². The lowest BCUT2D eigenvalue weighted by atomic mass is 10.1. The summed E-state index contributed by atoms with van der Waals surface area (Å²) in [7, 11) is 1.58. The van der Waals surface area contributed by atoms with Gasteiger partial charge in [-0.25, -0.2) is 0 Å². The van der Waals surface area contributed by atoms with Crippen LogP contribution in [-0.4, -0.2) is 29.7 Å². The highest BCUT2D eigenvalue weighted by Gasteiger charge is 2.33. The number of rotatable bonds is 6. The van der Waals surface area contributed by atoms with E-state index in [9.17, 15) is 9.59 Å². The highest BCUT2D eigenvalue weighted by atomic mass is 32.2. The average Bonchev–Trinajstić information content (AvgIpc) is 2.96. The van der Waals surface area contributed by atoms with Crippen LogP contribution in [-0.2, 0) is 4.79 Å². The van der Waals surface area contributed by atoms with E-state index in [-0.39, 0.29) is 11.7 Å². The van der Waals surface area contributed by atoms with Crippen LogP contribution in [0.25, 0.3) is 6.08 Å². The van der Waals surface area contributed by atoms with E-state index in [1.165, 1.54) is 23.6 Å². The zero-order valence-corrected chi connectivity index (χ0v) is 17.4. The number of carbonyl (C=O) groups excluding carboxylic acids is 2. The molecule has 1 fully saturated rings. The molecule has 0 bridgehead atoms. The Balaban J connectivity index is 1.87. The number of thiocarbonyl (C=S) groups is 1. The third-order valence-electron chi connectivity index (χ3n) is 4.11. The zero-order valence-electron chi connectivity index (χ0n) is 15.7. The first-order chi connectivity index (χ1) is 13.4. The molecule has 0 N–H and O–H groups in total. The molecule has 1 amide bonds. The van der Waals surface area contributed by atoms with Crippen LogP contribution in [0.4, 0.5) is 5.69 Å². The van der Waals surface area contributed by atoms with E-state index >= 15 is 0 Å². The molecule has 0 aromatic heterocycles. The molecule has 0 atom stereocenters. The number of carbonyl (C=O) groups is 2. The Hall–Kier alpha value is -2.64. The Morgan fingerprint density at radius 2 is 1.89 bits per heavy atom. The van der Waals surface area contributed by atoms with Crippen molar-refractivity contribution in [3.63, 3.8) is 0 Å². The molecule has 7 heteroatoms. The first kappa shape index (κ1) is 20.1. The van der Waals surface area contributed by atoms with Gasteiger partial charge in [-0.2, -0.15) is 0 Å². The summed E-state index contributed by atoms with van der Waals surface area (Å²) in [6.45, 7) is 3.95. The number of thioether (sulfide) groups is 1. The van der Waals surface area contributed by atoms with Gasteiger partial charge >= 0.3 is 0 Å². The maximum absolute atomic E-state index is 12.9. The van der Waals surface area contributed by atoms with E-state index < -0.39 is 0 Å². The summed E-state index contributed by atoms with van der Waals surface area (Å²) in [4.78, 5) is 26.3. The molecule has 1 saturated heterocycles.